The van der Waals surface area contributed by atoms with Crippen LogP contribution in [0.3, 0.4) is 0 Å². The first-order chi connectivity index (χ1) is 9.65. The first-order valence-corrected chi connectivity index (χ1v) is 7.07. The number of allylic oxidation sites excluding steroid dienone is 1. The Balaban J connectivity index is 2.42. The lowest BCUT2D eigenvalue weighted by Gasteiger charge is -2.22. The summed E-state index contributed by atoms with van der Waals surface area (Å²) in [4.78, 5) is 0. The van der Waals surface area contributed by atoms with Crippen LogP contribution in [0, 0.1) is 22.7 Å². The van der Waals surface area contributed by atoms with E-state index in [0.717, 1.165) is 18.4 Å². The number of hydrogen-bond acceptors (Lipinski definition) is 3. The van der Waals surface area contributed by atoms with Gasteiger partial charge in [-0.1, -0.05) is 30.9 Å². The van der Waals surface area contributed by atoms with Gasteiger partial charge in [0.2, 0.25) is 0 Å². The maximum absolute atomic E-state index is 9.96. The average molecular weight is 287 g/mol. The van der Waals surface area contributed by atoms with Gasteiger partial charge in [-0.15, -0.1) is 0 Å². The van der Waals surface area contributed by atoms with E-state index in [9.17, 15) is 5.11 Å². The molecule has 0 spiro atoms. The van der Waals surface area contributed by atoms with Crippen molar-refractivity contribution in [3.05, 3.63) is 33.9 Å². The second-order valence-corrected chi connectivity index (χ2v) is 5.46. The van der Waals surface area contributed by atoms with Crippen molar-refractivity contribution >= 4 is 17.7 Å². The van der Waals surface area contributed by atoms with Gasteiger partial charge in [-0.25, -0.2) is 0 Å². The van der Waals surface area contributed by atoms with Crippen molar-refractivity contribution in [2.45, 2.75) is 38.0 Å². The number of nitrogens with zero attached hydrogens (tertiary/aromatic N) is 2. The van der Waals surface area contributed by atoms with Gasteiger partial charge in [0.15, 0.2) is 0 Å². The molecule has 1 N–H and O–H groups in total. The van der Waals surface area contributed by atoms with Gasteiger partial charge >= 0.3 is 0 Å². The van der Waals surface area contributed by atoms with Crippen LogP contribution in [-0.2, 0) is 0 Å². The maximum atomic E-state index is 9.96. The van der Waals surface area contributed by atoms with Crippen molar-refractivity contribution in [1.29, 1.82) is 10.5 Å². The molecule has 0 atom stereocenters. The molecule has 1 aliphatic rings. The number of nitriles is 2. The summed E-state index contributed by atoms with van der Waals surface area (Å²) in [6, 6.07) is 7.22. The summed E-state index contributed by atoms with van der Waals surface area (Å²) in [6.45, 7) is 0. The Morgan fingerprint density at radius 3 is 2.45 bits per heavy atom. The molecule has 0 saturated heterocycles. The van der Waals surface area contributed by atoms with E-state index in [-0.39, 0.29) is 16.3 Å². The molecule has 1 aromatic carbocycles. The Morgan fingerprint density at radius 2 is 1.85 bits per heavy atom. The standard InChI is InChI=1S/C16H15ClN2O/c17-15-8-13(12-4-2-1-3-5-12)7-14(16(15)20)6-11(9-18)10-19/h6-8,12,20H,1-5H2. The Kier molecular flexibility index (Phi) is 4.66. The van der Waals surface area contributed by atoms with Crippen molar-refractivity contribution < 1.29 is 5.11 Å². The van der Waals surface area contributed by atoms with Crippen molar-refractivity contribution in [3.63, 3.8) is 0 Å². The molecule has 0 unspecified atom stereocenters. The summed E-state index contributed by atoms with van der Waals surface area (Å²) in [6.07, 6.45) is 7.29. The van der Waals surface area contributed by atoms with E-state index in [1.54, 1.807) is 18.2 Å². The van der Waals surface area contributed by atoms with Crippen molar-refractivity contribution in [1.82, 2.24) is 0 Å². The van der Waals surface area contributed by atoms with E-state index >= 15 is 0 Å². The van der Waals surface area contributed by atoms with Gasteiger partial charge in [-0.05, 0) is 42.5 Å². The van der Waals surface area contributed by atoms with Gasteiger partial charge in [0, 0.05) is 5.56 Å². The highest BCUT2D eigenvalue weighted by Gasteiger charge is 2.18. The summed E-state index contributed by atoms with van der Waals surface area (Å²) in [5, 5.41) is 27.9. The molecule has 1 fully saturated rings. The predicted molar refractivity (Wildman–Crippen MR) is 78.1 cm³/mol. The number of benzene rings is 1. The Hall–Kier alpha value is -1.97. The number of hydrogen-bond donors (Lipinski definition) is 1. The molecular weight excluding hydrogens is 272 g/mol. The fraction of sp³-hybridized carbons (Fsp3) is 0.375. The van der Waals surface area contributed by atoms with Crippen molar-refractivity contribution in [2.24, 2.45) is 0 Å². The van der Waals surface area contributed by atoms with Gasteiger partial charge in [-0.3, -0.25) is 0 Å². The monoisotopic (exact) mass is 286 g/mol. The van der Waals surface area contributed by atoms with E-state index in [0.29, 0.717) is 11.5 Å². The molecule has 3 nitrogen and oxygen atoms in total. The molecule has 1 aromatic rings. The molecule has 102 valence electrons. The molecule has 0 aliphatic heterocycles. The van der Waals surface area contributed by atoms with Crippen molar-refractivity contribution in [2.75, 3.05) is 0 Å². The van der Waals surface area contributed by atoms with Crippen LogP contribution in [0.25, 0.3) is 6.08 Å². The number of phenolic OH excluding ortho intramolecular Hbond substituents is 1. The van der Waals surface area contributed by atoms with Gasteiger partial charge < -0.3 is 5.11 Å². The Labute approximate surface area is 123 Å². The zero-order valence-corrected chi connectivity index (χ0v) is 11.8. The van der Waals surface area contributed by atoms with Crippen LogP contribution in [0.15, 0.2) is 17.7 Å². The SMILES string of the molecule is N#CC(C#N)=Cc1cc(C2CCCCC2)cc(Cl)c1O. The lowest BCUT2D eigenvalue weighted by atomic mass is 9.83. The molecule has 20 heavy (non-hydrogen) atoms. The lowest BCUT2D eigenvalue weighted by molar-refractivity contribution is 0.441. The Morgan fingerprint density at radius 1 is 1.20 bits per heavy atom. The predicted octanol–water partition coefficient (Wildman–Crippen LogP) is 4.52. The quantitative estimate of drug-likeness (QED) is 0.813. The second kappa shape index (κ2) is 6.46. The number of rotatable bonds is 2. The van der Waals surface area contributed by atoms with Gasteiger partial charge in [0.05, 0.1) is 5.02 Å². The first-order valence-electron chi connectivity index (χ1n) is 6.70. The zero-order chi connectivity index (χ0) is 14.5. The molecular formula is C16H15ClN2O. The number of halogens is 1. The van der Waals surface area contributed by atoms with Gasteiger partial charge in [0.25, 0.3) is 0 Å². The van der Waals surface area contributed by atoms with Crippen LogP contribution in [0.1, 0.15) is 49.1 Å². The molecule has 0 radical (unpaired) electrons. The molecule has 2 rings (SSSR count). The number of aromatic hydroxyl groups is 1. The van der Waals surface area contributed by atoms with Gasteiger partial charge in [-0.2, -0.15) is 10.5 Å². The third-order valence-corrected chi connectivity index (χ3v) is 4.02. The topological polar surface area (TPSA) is 67.8 Å². The van der Waals surface area contributed by atoms with E-state index in [4.69, 9.17) is 22.1 Å². The van der Waals surface area contributed by atoms with Crippen LogP contribution < -0.4 is 0 Å². The highest BCUT2D eigenvalue weighted by Crippen LogP contribution is 2.38. The summed E-state index contributed by atoms with van der Waals surface area (Å²) in [5.41, 5.74) is 1.47. The smallest absolute Gasteiger partial charge is 0.141 e. The van der Waals surface area contributed by atoms with Crippen LogP contribution in [0.4, 0.5) is 0 Å². The minimum absolute atomic E-state index is 0.0443. The average Bonchev–Trinajstić information content (AvgIpc) is 2.49. The van der Waals surface area contributed by atoms with Crippen LogP contribution in [0.5, 0.6) is 5.75 Å². The third kappa shape index (κ3) is 3.13. The largest absolute Gasteiger partial charge is 0.506 e. The fourth-order valence-electron chi connectivity index (χ4n) is 2.67. The minimum Gasteiger partial charge on any atom is -0.506 e. The zero-order valence-electron chi connectivity index (χ0n) is 11.1. The highest BCUT2D eigenvalue weighted by atomic mass is 35.5. The first kappa shape index (κ1) is 14.4. The van der Waals surface area contributed by atoms with Crippen LogP contribution in [0.2, 0.25) is 5.02 Å². The summed E-state index contributed by atoms with van der Waals surface area (Å²) < 4.78 is 0. The molecule has 4 heteroatoms. The molecule has 1 aliphatic carbocycles. The summed E-state index contributed by atoms with van der Waals surface area (Å²) >= 11 is 6.06. The summed E-state index contributed by atoms with van der Waals surface area (Å²) in [7, 11) is 0. The van der Waals surface area contributed by atoms with Crippen LogP contribution in [-0.4, -0.2) is 5.11 Å². The van der Waals surface area contributed by atoms with Gasteiger partial charge in [0.1, 0.15) is 23.5 Å². The van der Waals surface area contributed by atoms with E-state index < -0.39 is 0 Å². The molecule has 0 bridgehead atoms. The second-order valence-electron chi connectivity index (χ2n) is 5.06. The van der Waals surface area contributed by atoms with Crippen molar-refractivity contribution in [3.8, 4) is 17.9 Å². The maximum Gasteiger partial charge on any atom is 0.141 e. The molecule has 0 aromatic heterocycles. The normalized spacial score (nSPS) is 15.2. The molecule has 0 amide bonds. The lowest BCUT2D eigenvalue weighted by Crippen LogP contribution is -2.04. The number of phenols is 1. The molecule has 0 heterocycles. The fourth-order valence-corrected chi connectivity index (χ4v) is 2.90. The van der Waals surface area contributed by atoms with Crippen LogP contribution >= 0.6 is 11.6 Å². The Bertz CT molecular complexity index is 601. The van der Waals surface area contributed by atoms with E-state index in [2.05, 4.69) is 0 Å². The minimum atomic E-state index is -0.0748. The summed E-state index contributed by atoms with van der Waals surface area (Å²) in [5.74, 6) is 0.371. The van der Waals surface area contributed by atoms with E-state index in [1.807, 2.05) is 6.07 Å². The molecule has 1 saturated carbocycles. The van der Waals surface area contributed by atoms with E-state index in [1.165, 1.54) is 25.3 Å². The third-order valence-electron chi connectivity index (χ3n) is 3.73. The highest BCUT2D eigenvalue weighted by molar-refractivity contribution is 6.32.